The Morgan fingerprint density at radius 3 is 2.10 bits per heavy atom. The van der Waals surface area contributed by atoms with Crippen LogP contribution in [0.5, 0.6) is 0 Å². The summed E-state index contributed by atoms with van der Waals surface area (Å²) in [5, 5.41) is 0. The molecule has 4 atom stereocenters. The maximum atomic E-state index is 6.39. The number of hydrogen-bond acceptors (Lipinski definition) is 5. The Morgan fingerprint density at radius 2 is 1.48 bits per heavy atom. The number of benzene rings is 2. The second-order valence-electron chi connectivity index (χ2n) is 7.98. The molecule has 2 aliphatic heterocycles. The highest BCUT2D eigenvalue weighted by atomic mass is 127. The largest absolute Gasteiger partial charge is 0.374 e. The first-order valence-corrected chi connectivity index (χ1v) is 11.4. The lowest BCUT2D eigenvalue weighted by molar-refractivity contribution is -0.248. The van der Waals surface area contributed by atoms with E-state index in [1.807, 2.05) is 50.2 Å². The van der Waals surface area contributed by atoms with Gasteiger partial charge >= 0.3 is 0 Å². The average Bonchev–Trinajstić information content (AvgIpc) is 3.17. The van der Waals surface area contributed by atoms with E-state index >= 15 is 0 Å². The summed E-state index contributed by atoms with van der Waals surface area (Å²) >= 11 is 2.34. The summed E-state index contributed by atoms with van der Waals surface area (Å²) in [4.78, 5) is 0. The van der Waals surface area contributed by atoms with E-state index in [1.54, 1.807) is 0 Å². The van der Waals surface area contributed by atoms with E-state index in [0.717, 1.165) is 11.1 Å². The van der Waals surface area contributed by atoms with Crippen molar-refractivity contribution in [2.75, 3.05) is 11.0 Å². The van der Waals surface area contributed by atoms with E-state index in [0.29, 0.717) is 24.2 Å². The molecule has 0 bridgehead atoms. The lowest BCUT2D eigenvalue weighted by Crippen LogP contribution is -2.51. The topological polar surface area (TPSA) is 46.2 Å². The molecule has 156 valence electrons. The number of halogens is 1. The highest BCUT2D eigenvalue weighted by Crippen LogP contribution is 2.45. The van der Waals surface area contributed by atoms with E-state index in [1.165, 1.54) is 0 Å². The smallest absolute Gasteiger partial charge is 0.190 e. The number of alkyl halides is 1. The van der Waals surface area contributed by atoms with E-state index in [2.05, 4.69) is 46.9 Å². The first kappa shape index (κ1) is 21.2. The molecule has 5 nitrogen and oxygen atoms in total. The van der Waals surface area contributed by atoms with E-state index in [-0.39, 0.29) is 12.2 Å². The van der Waals surface area contributed by atoms with Crippen LogP contribution in [0.25, 0.3) is 0 Å². The zero-order valence-electron chi connectivity index (χ0n) is 16.8. The summed E-state index contributed by atoms with van der Waals surface area (Å²) in [6.07, 6.45) is -1.04. The lowest BCUT2D eigenvalue weighted by Gasteiger charge is -2.35. The van der Waals surface area contributed by atoms with E-state index in [4.69, 9.17) is 23.7 Å². The first-order valence-electron chi connectivity index (χ1n) is 9.88. The molecule has 6 heteroatoms. The molecule has 0 N–H and O–H groups in total. The second kappa shape index (κ2) is 8.99. The first-order chi connectivity index (χ1) is 14.0. The van der Waals surface area contributed by atoms with E-state index in [9.17, 15) is 0 Å². The zero-order chi connectivity index (χ0) is 20.3. The lowest BCUT2D eigenvalue weighted by atomic mass is 9.98. The second-order valence-corrected chi connectivity index (χ2v) is 8.74. The summed E-state index contributed by atoms with van der Waals surface area (Å²) in [5.74, 6) is -0.688. The highest BCUT2D eigenvalue weighted by molar-refractivity contribution is 14.1. The Kier molecular flexibility index (Phi) is 6.58. The predicted octanol–water partition coefficient (Wildman–Crippen LogP) is 4.47. The Balaban J connectivity index is 1.48. The van der Waals surface area contributed by atoms with Gasteiger partial charge in [-0.1, -0.05) is 83.3 Å². The molecule has 0 amide bonds. The van der Waals surface area contributed by atoms with Gasteiger partial charge in [-0.05, 0) is 25.0 Å². The molecule has 0 saturated carbocycles. The molecule has 4 rings (SSSR count). The van der Waals surface area contributed by atoms with Crippen LogP contribution in [-0.2, 0) is 36.9 Å². The molecule has 0 aliphatic carbocycles. The van der Waals surface area contributed by atoms with Crippen molar-refractivity contribution in [3.63, 3.8) is 0 Å². The monoisotopic (exact) mass is 510 g/mol. The van der Waals surface area contributed by atoms with Crippen molar-refractivity contribution in [2.45, 2.75) is 56.9 Å². The van der Waals surface area contributed by atoms with Crippen molar-refractivity contribution in [2.24, 2.45) is 0 Å². The SMILES string of the molecule is CC1(C)O[C@H]2OC(CI)(COCc3ccccc3)[C@@H](OCc3ccccc3)[C@H]2O1. The molecular formula is C23H27IO5. The average molecular weight is 510 g/mol. The number of rotatable bonds is 8. The maximum absolute atomic E-state index is 6.39. The molecule has 2 aromatic rings. The Morgan fingerprint density at radius 1 is 0.862 bits per heavy atom. The zero-order valence-corrected chi connectivity index (χ0v) is 18.9. The van der Waals surface area contributed by atoms with Gasteiger partial charge in [-0.15, -0.1) is 0 Å². The number of fused-ring (bicyclic) bond motifs is 1. The van der Waals surface area contributed by atoms with Crippen molar-refractivity contribution < 1.29 is 23.7 Å². The molecule has 29 heavy (non-hydrogen) atoms. The molecule has 2 heterocycles. The third-order valence-corrected chi connectivity index (χ3v) is 6.50. The van der Waals surface area contributed by atoms with Gasteiger partial charge in [0.05, 0.1) is 19.8 Å². The Bertz CT molecular complexity index is 784. The van der Waals surface area contributed by atoms with E-state index < -0.39 is 17.7 Å². The van der Waals surface area contributed by atoms with Crippen molar-refractivity contribution in [1.82, 2.24) is 0 Å². The Hall–Kier alpha value is -1.03. The van der Waals surface area contributed by atoms with Crippen molar-refractivity contribution >= 4 is 22.6 Å². The summed E-state index contributed by atoms with van der Waals surface area (Å²) in [6, 6.07) is 20.3. The van der Waals surface area contributed by atoms with Crippen LogP contribution in [0.4, 0.5) is 0 Å². The predicted molar refractivity (Wildman–Crippen MR) is 118 cm³/mol. The van der Waals surface area contributed by atoms with Crippen LogP contribution in [0.1, 0.15) is 25.0 Å². The van der Waals surface area contributed by atoms with Crippen LogP contribution in [0.15, 0.2) is 60.7 Å². The third-order valence-electron chi connectivity index (χ3n) is 5.21. The van der Waals surface area contributed by atoms with Gasteiger partial charge in [-0.25, -0.2) is 0 Å². The molecule has 2 fully saturated rings. The van der Waals surface area contributed by atoms with Gasteiger partial charge in [-0.3, -0.25) is 0 Å². The normalized spacial score (nSPS) is 30.4. The minimum Gasteiger partial charge on any atom is -0.374 e. The molecule has 2 saturated heterocycles. The maximum Gasteiger partial charge on any atom is 0.190 e. The van der Waals surface area contributed by atoms with Gasteiger partial charge < -0.3 is 23.7 Å². The van der Waals surface area contributed by atoms with Gasteiger partial charge in [0.25, 0.3) is 0 Å². The molecule has 0 aromatic heterocycles. The fraction of sp³-hybridized carbons (Fsp3) is 0.478. The van der Waals surface area contributed by atoms with Crippen molar-refractivity contribution in [3.05, 3.63) is 71.8 Å². The van der Waals surface area contributed by atoms with Gasteiger partial charge in [0.2, 0.25) is 0 Å². The van der Waals surface area contributed by atoms with Crippen LogP contribution in [0, 0.1) is 0 Å². The minimum absolute atomic E-state index is 0.288. The molecule has 0 radical (unpaired) electrons. The highest BCUT2D eigenvalue weighted by Gasteiger charge is 2.62. The van der Waals surface area contributed by atoms with Gasteiger partial charge in [0, 0.05) is 4.43 Å². The Labute approximate surface area is 185 Å². The van der Waals surface area contributed by atoms with Gasteiger partial charge in [0.15, 0.2) is 12.1 Å². The van der Waals surface area contributed by atoms with Crippen LogP contribution in [-0.4, -0.2) is 40.9 Å². The third kappa shape index (κ3) is 4.84. The van der Waals surface area contributed by atoms with Gasteiger partial charge in [0.1, 0.15) is 17.8 Å². The van der Waals surface area contributed by atoms with Gasteiger partial charge in [-0.2, -0.15) is 0 Å². The number of hydrogen-bond donors (Lipinski definition) is 0. The standard InChI is InChI=1S/C23H27IO5/c1-22(2)27-19-20(26-14-18-11-7-4-8-12-18)23(15-24,29-21(19)28-22)16-25-13-17-9-5-3-6-10-17/h3-12,19-21H,13-16H2,1-2H3/t19-,20+,21+,23?/m1/s1. The molecule has 0 spiro atoms. The van der Waals surface area contributed by atoms with Crippen LogP contribution < -0.4 is 0 Å². The number of ether oxygens (including phenoxy) is 5. The van der Waals surface area contributed by atoms with Crippen LogP contribution in [0.2, 0.25) is 0 Å². The fourth-order valence-corrected chi connectivity index (χ4v) is 4.67. The van der Waals surface area contributed by atoms with Crippen molar-refractivity contribution in [3.8, 4) is 0 Å². The molecule has 1 unspecified atom stereocenters. The summed E-state index contributed by atoms with van der Waals surface area (Å²) in [5.41, 5.74) is 1.61. The summed E-state index contributed by atoms with van der Waals surface area (Å²) in [7, 11) is 0. The summed E-state index contributed by atoms with van der Waals surface area (Å²) in [6.45, 7) is 5.22. The van der Waals surface area contributed by atoms with Crippen LogP contribution >= 0.6 is 22.6 Å². The fourth-order valence-electron chi connectivity index (χ4n) is 3.84. The van der Waals surface area contributed by atoms with Crippen molar-refractivity contribution in [1.29, 1.82) is 0 Å². The quantitative estimate of drug-likeness (QED) is 0.388. The minimum atomic E-state index is -0.688. The molecule has 2 aliphatic rings. The van der Waals surface area contributed by atoms with Crippen LogP contribution in [0.3, 0.4) is 0 Å². The molecular weight excluding hydrogens is 483 g/mol. The summed E-state index contributed by atoms with van der Waals surface area (Å²) < 4.78 is 31.7. The molecule has 2 aromatic carbocycles.